The molecule has 1 aliphatic heterocycles. The average molecular weight is 263 g/mol. The van der Waals surface area contributed by atoms with Crippen LogP contribution < -0.4 is 4.74 Å². The van der Waals surface area contributed by atoms with Crippen LogP contribution in [0.2, 0.25) is 0 Å². The first-order valence-corrected chi connectivity index (χ1v) is 6.80. The second-order valence-corrected chi connectivity index (χ2v) is 4.98. The summed E-state index contributed by atoms with van der Waals surface area (Å²) in [7, 11) is 0. The fourth-order valence-corrected chi connectivity index (χ4v) is 2.39. The van der Waals surface area contributed by atoms with Gasteiger partial charge in [-0.3, -0.25) is 4.79 Å². The molecule has 0 spiro atoms. The Morgan fingerprint density at radius 1 is 1.42 bits per heavy atom. The van der Waals surface area contributed by atoms with E-state index >= 15 is 0 Å². The quantitative estimate of drug-likeness (QED) is 0.880. The summed E-state index contributed by atoms with van der Waals surface area (Å²) >= 11 is 0. The highest BCUT2D eigenvalue weighted by atomic mass is 16.5. The molecule has 1 atom stereocenters. The third-order valence-electron chi connectivity index (χ3n) is 3.51. The number of hydrogen-bond acceptors (Lipinski definition) is 3. The molecule has 1 aliphatic rings. The summed E-state index contributed by atoms with van der Waals surface area (Å²) in [5, 5.41) is 9.19. The Kier molecular flexibility index (Phi) is 4.80. The summed E-state index contributed by atoms with van der Waals surface area (Å²) in [5.74, 6) is 0.863. The highest BCUT2D eigenvalue weighted by Gasteiger charge is 2.27. The van der Waals surface area contributed by atoms with Crippen molar-refractivity contribution < 1.29 is 14.6 Å². The van der Waals surface area contributed by atoms with Gasteiger partial charge in [0, 0.05) is 6.54 Å². The number of aryl methyl sites for hydroxylation is 1. The Morgan fingerprint density at radius 3 is 2.84 bits per heavy atom. The Hall–Kier alpha value is -1.55. The van der Waals surface area contributed by atoms with Crippen molar-refractivity contribution >= 4 is 5.91 Å². The molecule has 1 aromatic carbocycles. The molecule has 0 bridgehead atoms. The molecular formula is C15H21NO3. The first-order chi connectivity index (χ1) is 9.20. The van der Waals surface area contributed by atoms with Crippen LogP contribution in [0.1, 0.15) is 24.8 Å². The zero-order valence-electron chi connectivity index (χ0n) is 11.3. The molecule has 0 aliphatic carbocycles. The molecule has 4 heteroatoms. The standard InChI is InChI=1S/C15H21NO3/c1-12-4-6-14(7-5-12)19-10-8-15(18)16-9-2-3-13(16)11-17/h4-7,13,17H,2-3,8-11H2,1H3/t13-/m0/s1. The summed E-state index contributed by atoms with van der Waals surface area (Å²) in [6.07, 6.45) is 2.25. The van der Waals surface area contributed by atoms with Gasteiger partial charge in [-0.05, 0) is 31.9 Å². The minimum Gasteiger partial charge on any atom is -0.493 e. The maximum atomic E-state index is 12.0. The van der Waals surface area contributed by atoms with Gasteiger partial charge in [-0.25, -0.2) is 0 Å². The van der Waals surface area contributed by atoms with Gasteiger partial charge in [0.15, 0.2) is 0 Å². The van der Waals surface area contributed by atoms with E-state index in [1.807, 2.05) is 31.2 Å². The van der Waals surface area contributed by atoms with Crippen LogP contribution in [0.15, 0.2) is 24.3 Å². The second kappa shape index (κ2) is 6.57. The molecule has 1 amide bonds. The Balaban J connectivity index is 1.76. The van der Waals surface area contributed by atoms with Crippen LogP contribution in [0.4, 0.5) is 0 Å². The number of ether oxygens (including phenoxy) is 1. The number of hydrogen-bond donors (Lipinski definition) is 1. The summed E-state index contributed by atoms with van der Waals surface area (Å²) in [4.78, 5) is 13.8. The molecule has 0 saturated carbocycles. The average Bonchev–Trinajstić information content (AvgIpc) is 2.89. The van der Waals surface area contributed by atoms with Crippen molar-refractivity contribution in [1.29, 1.82) is 0 Å². The Labute approximate surface area is 114 Å². The van der Waals surface area contributed by atoms with Crippen LogP contribution in [0.5, 0.6) is 5.75 Å². The van der Waals surface area contributed by atoms with Crippen molar-refractivity contribution in [2.75, 3.05) is 19.8 Å². The van der Waals surface area contributed by atoms with Gasteiger partial charge in [0.05, 0.1) is 25.7 Å². The predicted octanol–water partition coefficient (Wildman–Crippen LogP) is 1.75. The predicted molar refractivity (Wildman–Crippen MR) is 73.1 cm³/mol. The van der Waals surface area contributed by atoms with E-state index in [0.29, 0.717) is 13.0 Å². The number of rotatable bonds is 5. The number of amides is 1. The fourth-order valence-electron chi connectivity index (χ4n) is 2.39. The fraction of sp³-hybridized carbons (Fsp3) is 0.533. The summed E-state index contributed by atoms with van der Waals surface area (Å²) in [6, 6.07) is 7.80. The summed E-state index contributed by atoms with van der Waals surface area (Å²) in [6.45, 7) is 3.23. The van der Waals surface area contributed by atoms with Crippen molar-refractivity contribution in [1.82, 2.24) is 4.90 Å². The van der Waals surface area contributed by atoms with Gasteiger partial charge >= 0.3 is 0 Å². The van der Waals surface area contributed by atoms with Crippen LogP contribution in [0.3, 0.4) is 0 Å². The van der Waals surface area contributed by atoms with Gasteiger partial charge in [0.25, 0.3) is 0 Å². The van der Waals surface area contributed by atoms with Gasteiger partial charge in [-0.15, -0.1) is 0 Å². The van der Waals surface area contributed by atoms with Crippen LogP contribution in [-0.4, -0.2) is 41.7 Å². The zero-order valence-corrected chi connectivity index (χ0v) is 11.3. The van der Waals surface area contributed by atoms with Crippen LogP contribution in [-0.2, 0) is 4.79 Å². The summed E-state index contributed by atoms with van der Waals surface area (Å²) in [5.41, 5.74) is 1.19. The number of carbonyl (C=O) groups is 1. The van der Waals surface area contributed by atoms with Crippen molar-refractivity contribution in [3.63, 3.8) is 0 Å². The lowest BCUT2D eigenvalue weighted by atomic mass is 10.2. The molecule has 2 rings (SSSR count). The monoisotopic (exact) mass is 263 g/mol. The molecular weight excluding hydrogens is 242 g/mol. The van der Waals surface area contributed by atoms with Crippen molar-refractivity contribution in [3.8, 4) is 5.75 Å². The van der Waals surface area contributed by atoms with Crippen molar-refractivity contribution in [2.45, 2.75) is 32.2 Å². The van der Waals surface area contributed by atoms with E-state index in [9.17, 15) is 9.90 Å². The molecule has 0 radical (unpaired) electrons. The minimum atomic E-state index is 0.00637. The maximum Gasteiger partial charge on any atom is 0.226 e. The topological polar surface area (TPSA) is 49.8 Å². The lowest BCUT2D eigenvalue weighted by Crippen LogP contribution is -2.38. The number of benzene rings is 1. The van der Waals surface area contributed by atoms with E-state index in [2.05, 4.69) is 0 Å². The lowest BCUT2D eigenvalue weighted by molar-refractivity contribution is -0.133. The number of aliphatic hydroxyl groups excluding tert-OH is 1. The smallest absolute Gasteiger partial charge is 0.226 e. The van der Waals surface area contributed by atoms with E-state index in [4.69, 9.17) is 4.74 Å². The van der Waals surface area contributed by atoms with E-state index in [0.717, 1.165) is 25.1 Å². The molecule has 19 heavy (non-hydrogen) atoms. The Morgan fingerprint density at radius 2 is 2.16 bits per heavy atom. The highest BCUT2D eigenvalue weighted by molar-refractivity contribution is 5.77. The van der Waals surface area contributed by atoms with Gasteiger partial charge < -0.3 is 14.7 Å². The third kappa shape index (κ3) is 3.70. The largest absolute Gasteiger partial charge is 0.493 e. The van der Waals surface area contributed by atoms with Gasteiger partial charge in [0.1, 0.15) is 5.75 Å². The third-order valence-corrected chi connectivity index (χ3v) is 3.51. The number of nitrogens with zero attached hydrogens (tertiary/aromatic N) is 1. The van der Waals surface area contributed by atoms with E-state index < -0.39 is 0 Å². The van der Waals surface area contributed by atoms with Crippen molar-refractivity contribution in [2.24, 2.45) is 0 Å². The lowest BCUT2D eigenvalue weighted by Gasteiger charge is -2.23. The number of carbonyl (C=O) groups excluding carboxylic acids is 1. The number of likely N-dealkylation sites (tertiary alicyclic amines) is 1. The van der Waals surface area contributed by atoms with Gasteiger partial charge in [0.2, 0.25) is 5.91 Å². The molecule has 1 fully saturated rings. The van der Waals surface area contributed by atoms with Crippen LogP contribution in [0.25, 0.3) is 0 Å². The van der Waals surface area contributed by atoms with E-state index in [-0.39, 0.29) is 18.6 Å². The second-order valence-electron chi connectivity index (χ2n) is 4.98. The highest BCUT2D eigenvalue weighted by Crippen LogP contribution is 2.18. The van der Waals surface area contributed by atoms with Gasteiger partial charge in [-0.1, -0.05) is 17.7 Å². The molecule has 1 N–H and O–H groups in total. The Bertz CT molecular complexity index is 416. The maximum absolute atomic E-state index is 12.0. The molecule has 104 valence electrons. The van der Waals surface area contributed by atoms with Gasteiger partial charge in [-0.2, -0.15) is 0 Å². The minimum absolute atomic E-state index is 0.00637. The first-order valence-electron chi connectivity index (χ1n) is 6.80. The molecule has 1 saturated heterocycles. The normalized spacial score (nSPS) is 18.6. The SMILES string of the molecule is Cc1ccc(OCCC(=O)N2CCC[C@H]2CO)cc1. The number of aliphatic hydroxyl groups is 1. The van der Waals surface area contributed by atoms with Crippen molar-refractivity contribution in [3.05, 3.63) is 29.8 Å². The van der Waals surface area contributed by atoms with Crippen LogP contribution in [0, 0.1) is 6.92 Å². The molecule has 4 nitrogen and oxygen atoms in total. The molecule has 0 aromatic heterocycles. The molecule has 1 heterocycles. The van der Waals surface area contributed by atoms with Crippen LogP contribution >= 0.6 is 0 Å². The summed E-state index contributed by atoms with van der Waals surface area (Å²) < 4.78 is 5.55. The molecule has 1 aromatic rings. The molecule has 0 unspecified atom stereocenters. The van der Waals surface area contributed by atoms with E-state index in [1.54, 1.807) is 4.90 Å². The zero-order chi connectivity index (χ0) is 13.7. The van der Waals surface area contributed by atoms with E-state index in [1.165, 1.54) is 5.56 Å². The first kappa shape index (κ1) is 13.9.